The van der Waals surface area contributed by atoms with Crippen molar-refractivity contribution in [2.45, 2.75) is 0 Å². The molecule has 0 aromatic carbocycles. The van der Waals surface area contributed by atoms with E-state index in [1.165, 1.54) is 6.20 Å². The number of carbonyl (C=O) groups excluding carboxylic acids is 1. The van der Waals surface area contributed by atoms with Crippen LogP contribution in [0.3, 0.4) is 0 Å². The number of aromatic nitrogens is 2. The van der Waals surface area contributed by atoms with Crippen LogP contribution in [0.1, 0.15) is 0 Å². The fourth-order valence-corrected chi connectivity index (χ4v) is 2.14. The maximum absolute atomic E-state index is 12.0. The summed E-state index contributed by atoms with van der Waals surface area (Å²) < 4.78 is 4.86. The number of hydrogen-bond acceptors (Lipinski definition) is 5. The van der Waals surface area contributed by atoms with Crippen LogP contribution in [0.2, 0.25) is 0 Å². The highest BCUT2D eigenvalue weighted by molar-refractivity contribution is 5.87. The third-order valence-corrected chi connectivity index (χ3v) is 3.21. The van der Waals surface area contributed by atoms with Gasteiger partial charge in [-0.1, -0.05) is 11.2 Å². The molecule has 104 valence electrons. The first-order valence-corrected chi connectivity index (χ1v) is 6.45. The van der Waals surface area contributed by atoms with Gasteiger partial charge in [0.2, 0.25) is 5.88 Å². The number of nitrogens with one attached hydrogen (secondary N) is 1. The zero-order valence-corrected chi connectivity index (χ0v) is 10.9. The highest BCUT2D eigenvalue weighted by atomic mass is 16.5. The van der Waals surface area contributed by atoms with Crippen LogP contribution in [0, 0.1) is 0 Å². The molecule has 2 aromatic heterocycles. The van der Waals surface area contributed by atoms with Crippen LogP contribution < -0.4 is 10.2 Å². The Bertz CT molecular complexity index is 549. The van der Waals surface area contributed by atoms with E-state index in [-0.39, 0.29) is 6.03 Å². The van der Waals surface area contributed by atoms with Crippen LogP contribution in [-0.2, 0) is 0 Å². The van der Waals surface area contributed by atoms with Gasteiger partial charge >= 0.3 is 6.03 Å². The van der Waals surface area contributed by atoms with Crippen molar-refractivity contribution in [1.82, 2.24) is 15.0 Å². The maximum Gasteiger partial charge on any atom is 0.324 e. The van der Waals surface area contributed by atoms with E-state index in [0.29, 0.717) is 19.0 Å². The fraction of sp³-hybridized carbons (Fsp3) is 0.308. The average Bonchev–Trinajstić information content (AvgIpc) is 3.01. The first-order valence-electron chi connectivity index (χ1n) is 6.45. The second-order valence-electron chi connectivity index (χ2n) is 4.47. The molecule has 0 radical (unpaired) electrons. The summed E-state index contributed by atoms with van der Waals surface area (Å²) in [5.41, 5.74) is 0. The average molecular weight is 273 g/mol. The maximum atomic E-state index is 12.0. The molecule has 1 N–H and O–H groups in total. The Morgan fingerprint density at radius 3 is 2.65 bits per heavy atom. The first kappa shape index (κ1) is 12.5. The van der Waals surface area contributed by atoms with Crippen molar-refractivity contribution in [2.75, 3.05) is 36.4 Å². The van der Waals surface area contributed by atoms with Crippen LogP contribution in [-0.4, -0.2) is 47.3 Å². The first-order chi connectivity index (χ1) is 9.83. The van der Waals surface area contributed by atoms with E-state index in [1.807, 2.05) is 18.2 Å². The quantitative estimate of drug-likeness (QED) is 0.895. The number of carbonyl (C=O) groups is 1. The van der Waals surface area contributed by atoms with Gasteiger partial charge in [-0.25, -0.2) is 9.78 Å². The second kappa shape index (κ2) is 5.60. The fourth-order valence-electron chi connectivity index (χ4n) is 2.14. The summed E-state index contributed by atoms with van der Waals surface area (Å²) in [6, 6.07) is 7.28. The van der Waals surface area contributed by atoms with Crippen molar-refractivity contribution in [2.24, 2.45) is 0 Å². The van der Waals surface area contributed by atoms with Crippen molar-refractivity contribution in [3.63, 3.8) is 0 Å². The van der Waals surface area contributed by atoms with E-state index in [0.717, 1.165) is 18.9 Å². The third-order valence-electron chi connectivity index (χ3n) is 3.21. The number of hydrogen-bond donors (Lipinski definition) is 1. The number of piperazine rings is 1. The highest BCUT2D eigenvalue weighted by Crippen LogP contribution is 2.13. The van der Waals surface area contributed by atoms with E-state index in [1.54, 1.807) is 17.2 Å². The summed E-state index contributed by atoms with van der Waals surface area (Å²) in [5, 5.41) is 6.22. The van der Waals surface area contributed by atoms with Gasteiger partial charge in [0.1, 0.15) is 5.82 Å². The molecule has 1 fully saturated rings. The smallest absolute Gasteiger partial charge is 0.324 e. The SMILES string of the molecule is O=C(Nc1ccno1)N1CCN(c2ccccn2)CC1. The molecule has 1 aliphatic rings. The predicted octanol–water partition coefficient (Wildman–Crippen LogP) is 1.42. The normalized spacial score (nSPS) is 15.2. The van der Waals surface area contributed by atoms with Crippen molar-refractivity contribution < 1.29 is 9.32 Å². The van der Waals surface area contributed by atoms with Crippen molar-refractivity contribution in [3.8, 4) is 0 Å². The number of pyridine rings is 1. The van der Waals surface area contributed by atoms with Crippen molar-refractivity contribution in [3.05, 3.63) is 36.7 Å². The Morgan fingerprint density at radius 1 is 1.15 bits per heavy atom. The minimum Gasteiger partial charge on any atom is -0.353 e. The molecule has 7 nitrogen and oxygen atoms in total. The number of urea groups is 1. The van der Waals surface area contributed by atoms with Gasteiger partial charge in [-0.2, -0.15) is 0 Å². The van der Waals surface area contributed by atoms with E-state index in [4.69, 9.17) is 4.52 Å². The Labute approximate surface area is 116 Å². The standard InChI is InChI=1S/C13H15N5O2/c19-13(16-12-4-6-15-20-12)18-9-7-17(8-10-18)11-3-1-2-5-14-11/h1-6H,7-10H2,(H,16,19). The summed E-state index contributed by atoms with van der Waals surface area (Å²) >= 11 is 0. The van der Waals surface area contributed by atoms with Crippen LogP contribution in [0.5, 0.6) is 0 Å². The van der Waals surface area contributed by atoms with Gasteiger partial charge in [0.15, 0.2) is 0 Å². The molecule has 20 heavy (non-hydrogen) atoms. The topological polar surface area (TPSA) is 74.5 Å². The van der Waals surface area contributed by atoms with Crippen LogP contribution in [0.25, 0.3) is 0 Å². The zero-order chi connectivity index (χ0) is 13.8. The molecule has 1 aliphatic heterocycles. The molecule has 2 aromatic rings. The molecule has 2 amide bonds. The second-order valence-corrected chi connectivity index (χ2v) is 4.47. The third kappa shape index (κ3) is 2.71. The van der Waals surface area contributed by atoms with Crippen molar-refractivity contribution in [1.29, 1.82) is 0 Å². The van der Waals surface area contributed by atoms with E-state index in [2.05, 4.69) is 20.4 Å². The Kier molecular flexibility index (Phi) is 3.49. The highest BCUT2D eigenvalue weighted by Gasteiger charge is 2.22. The number of amides is 2. The van der Waals surface area contributed by atoms with Gasteiger partial charge in [-0.15, -0.1) is 0 Å². The molecule has 0 saturated carbocycles. The van der Waals surface area contributed by atoms with Gasteiger partial charge in [0.25, 0.3) is 0 Å². The Morgan fingerprint density at radius 2 is 2.00 bits per heavy atom. The molecule has 0 unspecified atom stereocenters. The summed E-state index contributed by atoms with van der Waals surface area (Å²) in [4.78, 5) is 20.2. The lowest BCUT2D eigenvalue weighted by Gasteiger charge is -2.35. The minimum absolute atomic E-state index is 0.164. The molecule has 1 saturated heterocycles. The summed E-state index contributed by atoms with van der Waals surface area (Å²) in [7, 11) is 0. The number of nitrogens with zero attached hydrogens (tertiary/aromatic N) is 4. The van der Waals surface area contributed by atoms with Gasteiger partial charge < -0.3 is 14.3 Å². The number of rotatable bonds is 2. The van der Waals surface area contributed by atoms with E-state index >= 15 is 0 Å². The molecule has 0 spiro atoms. The molecule has 0 aliphatic carbocycles. The Hall–Kier alpha value is -2.57. The van der Waals surface area contributed by atoms with Crippen LogP contribution >= 0.6 is 0 Å². The lowest BCUT2D eigenvalue weighted by atomic mass is 10.3. The molecule has 0 atom stereocenters. The largest absolute Gasteiger partial charge is 0.353 e. The van der Waals surface area contributed by atoms with Gasteiger partial charge in [0, 0.05) is 38.4 Å². The molecule has 0 bridgehead atoms. The lowest BCUT2D eigenvalue weighted by molar-refractivity contribution is 0.207. The molecular formula is C13H15N5O2. The summed E-state index contributed by atoms with van der Waals surface area (Å²) in [6.45, 7) is 2.83. The molecular weight excluding hydrogens is 258 g/mol. The molecule has 3 rings (SSSR count). The zero-order valence-electron chi connectivity index (χ0n) is 10.9. The Balaban J connectivity index is 1.54. The monoisotopic (exact) mass is 273 g/mol. The van der Waals surface area contributed by atoms with Crippen LogP contribution in [0.15, 0.2) is 41.2 Å². The summed E-state index contributed by atoms with van der Waals surface area (Å²) in [5.74, 6) is 1.31. The van der Waals surface area contributed by atoms with Gasteiger partial charge in [-0.05, 0) is 12.1 Å². The van der Waals surface area contributed by atoms with E-state index < -0.39 is 0 Å². The van der Waals surface area contributed by atoms with Gasteiger partial charge in [0.05, 0.1) is 6.20 Å². The van der Waals surface area contributed by atoms with Crippen molar-refractivity contribution >= 4 is 17.7 Å². The predicted molar refractivity (Wildman–Crippen MR) is 73.5 cm³/mol. The lowest BCUT2D eigenvalue weighted by Crippen LogP contribution is -2.50. The summed E-state index contributed by atoms with van der Waals surface area (Å²) in [6.07, 6.45) is 3.27. The minimum atomic E-state index is -0.164. The van der Waals surface area contributed by atoms with Gasteiger partial charge in [-0.3, -0.25) is 5.32 Å². The van der Waals surface area contributed by atoms with Crippen LogP contribution in [0.4, 0.5) is 16.5 Å². The number of anilines is 2. The molecule has 3 heterocycles. The van der Waals surface area contributed by atoms with E-state index in [9.17, 15) is 4.79 Å². The molecule has 7 heteroatoms.